The summed E-state index contributed by atoms with van der Waals surface area (Å²) in [4.78, 5) is 16.0. The molecule has 0 unspecified atom stereocenters. The molecule has 0 spiro atoms. The van der Waals surface area contributed by atoms with Gasteiger partial charge in [0.15, 0.2) is 0 Å². The Kier molecular flexibility index (Phi) is 5.68. The van der Waals surface area contributed by atoms with Crippen LogP contribution in [0.4, 0.5) is 0 Å². The highest BCUT2D eigenvalue weighted by atomic mass is 79.9. The lowest BCUT2D eigenvalue weighted by molar-refractivity contribution is 0.0695. The van der Waals surface area contributed by atoms with Crippen molar-refractivity contribution in [2.45, 2.75) is 13.3 Å². The van der Waals surface area contributed by atoms with Crippen molar-refractivity contribution < 1.29 is 14.6 Å². The van der Waals surface area contributed by atoms with Crippen LogP contribution in [0.1, 0.15) is 28.4 Å². The van der Waals surface area contributed by atoms with Gasteiger partial charge in [-0.1, -0.05) is 40.2 Å². The molecule has 4 nitrogen and oxygen atoms in total. The Morgan fingerprint density at radius 1 is 1.15 bits per heavy atom. The van der Waals surface area contributed by atoms with E-state index >= 15 is 0 Å². The van der Waals surface area contributed by atoms with Crippen molar-refractivity contribution in [3.05, 3.63) is 82.0 Å². The van der Waals surface area contributed by atoms with Crippen molar-refractivity contribution in [2.75, 3.05) is 6.61 Å². The number of hydrogen-bond acceptors (Lipinski definition) is 3. The number of carboxylic acid groups (broad SMARTS) is 1. The Bertz CT molecular complexity index is 923. The number of halogens is 1. The first-order valence-electron chi connectivity index (χ1n) is 8.26. The highest BCUT2D eigenvalue weighted by Gasteiger charge is 2.11. The number of pyridine rings is 1. The highest BCUT2D eigenvalue weighted by molar-refractivity contribution is 9.10. The summed E-state index contributed by atoms with van der Waals surface area (Å²) >= 11 is 3.32. The summed E-state index contributed by atoms with van der Waals surface area (Å²) in [7, 11) is 0. The molecule has 2 aromatic carbocycles. The van der Waals surface area contributed by atoms with E-state index in [0.29, 0.717) is 18.6 Å². The molecule has 1 aromatic heterocycles. The van der Waals surface area contributed by atoms with Crippen LogP contribution in [0.25, 0.3) is 11.3 Å². The zero-order chi connectivity index (χ0) is 18.5. The van der Waals surface area contributed by atoms with Gasteiger partial charge in [0.1, 0.15) is 5.75 Å². The van der Waals surface area contributed by atoms with Crippen LogP contribution in [-0.4, -0.2) is 22.7 Å². The highest BCUT2D eigenvalue weighted by Crippen LogP contribution is 2.24. The summed E-state index contributed by atoms with van der Waals surface area (Å²) in [6, 6.07) is 17.0. The van der Waals surface area contributed by atoms with E-state index in [9.17, 15) is 9.90 Å². The molecule has 0 aliphatic rings. The van der Waals surface area contributed by atoms with Crippen LogP contribution in [0, 0.1) is 0 Å². The Labute approximate surface area is 160 Å². The Balaban J connectivity index is 1.83. The van der Waals surface area contributed by atoms with E-state index in [1.807, 2.05) is 55.5 Å². The normalized spacial score (nSPS) is 10.5. The maximum atomic E-state index is 11.4. The van der Waals surface area contributed by atoms with Gasteiger partial charge in [-0.2, -0.15) is 0 Å². The number of hydrogen-bond donors (Lipinski definition) is 1. The minimum absolute atomic E-state index is 0.299. The van der Waals surface area contributed by atoms with Crippen LogP contribution in [0.15, 0.2) is 65.3 Å². The second-order valence-electron chi connectivity index (χ2n) is 5.80. The fraction of sp³-hybridized carbons (Fsp3) is 0.143. The summed E-state index contributed by atoms with van der Waals surface area (Å²) in [6.07, 6.45) is 2.30. The first-order valence-corrected chi connectivity index (χ1v) is 9.06. The van der Waals surface area contributed by atoms with Crippen molar-refractivity contribution in [1.82, 2.24) is 4.98 Å². The van der Waals surface area contributed by atoms with Crippen LogP contribution in [0.3, 0.4) is 0 Å². The molecule has 0 atom stereocenters. The van der Waals surface area contributed by atoms with E-state index in [4.69, 9.17) is 4.74 Å². The van der Waals surface area contributed by atoms with Crippen LogP contribution >= 0.6 is 15.9 Å². The lowest BCUT2D eigenvalue weighted by atomic mass is 10.0. The summed E-state index contributed by atoms with van der Waals surface area (Å²) in [6.45, 7) is 2.57. The van der Waals surface area contributed by atoms with Crippen molar-refractivity contribution >= 4 is 21.9 Å². The van der Waals surface area contributed by atoms with Crippen LogP contribution in [0.5, 0.6) is 5.75 Å². The minimum atomic E-state index is -0.932. The molecule has 26 heavy (non-hydrogen) atoms. The SMILES string of the molecule is CCOc1cccc(-c2ccc(Cc3ccc(Br)cc3C(=O)O)cn2)c1. The van der Waals surface area contributed by atoms with E-state index in [-0.39, 0.29) is 0 Å². The van der Waals surface area contributed by atoms with Gasteiger partial charge >= 0.3 is 5.97 Å². The molecule has 0 bridgehead atoms. The maximum Gasteiger partial charge on any atom is 0.336 e. The summed E-state index contributed by atoms with van der Waals surface area (Å²) in [5.74, 6) is -0.115. The fourth-order valence-corrected chi connectivity index (χ4v) is 3.09. The topological polar surface area (TPSA) is 59.4 Å². The van der Waals surface area contributed by atoms with Crippen molar-refractivity contribution in [2.24, 2.45) is 0 Å². The lowest BCUT2D eigenvalue weighted by Crippen LogP contribution is -2.03. The van der Waals surface area contributed by atoms with Crippen LogP contribution in [0.2, 0.25) is 0 Å². The molecule has 3 rings (SSSR count). The van der Waals surface area contributed by atoms with Crippen LogP contribution in [-0.2, 0) is 6.42 Å². The molecule has 0 fully saturated rings. The molecule has 0 aliphatic carbocycles. The lowest BCUT2D eigenvalue weighted by Gasteiger charge is -2.09. The molecular weight excluding hydrogens is 394 g/mol. The first-order chi connectivity index (χ1) is 12.6. The largest absolute Gasteiger partial charge is 0.494 e. The van der Waals surface area contributed by atoms with Crippen LogP contribution < -0.4 is 4.74 Å². The third-order valence-electron chi connectivity index (χ3n) is 3.96. The third-order valence-corrected chi connectivity index (χ3v) is 4.46. The van der Waals surface area contributed by atoms with Gasteiger partial charge in [0.2, 0.25) is 0 Å². The van der Waals surface area contributed by atoms with Crippen molar-refractivity contribution in [1.29, 1.82) is 0 Å². The second-order valence-corrected chi connectivity index (χ2v) is 6.71. The van der Waals surface area contributed by atoms with Gasteiger partial charge in [-0.3, -0.25) is 4.98 Å². The van der Waals surface area contributed by atoms with Gasteiger partial charge in [0.25, 0.3) is 0 Å². The predicted octanol–water partition coefficient (Wildman–Crippen LogP) is 5.20. The zero-order valence-corrected chi connectivity index (χ0v) is 15.9. The second kappa shape index (κ2) is 8.15. The number of aromatic carboxylic acids is 1. The number of rotatable bonds is 6. The van der Waals surface area contributed by atoms with E-state index in [1.54, 1.807) is 12.3 Å². The average Bonchev–Trinajstić information content (AvgIpc) is 2.64. The molecular formula is C21H18BrNO3. The zero-order valence-electron chi connectivity index (χ0n) is 14.3. The fourth-order valence-electron chi connectivity index (χ4n) is 2.73. The average molecular weight is 412 g/mol. The molecule has 0 radical (unpaired) electrons. The van der Waals surface area contributed by atoms with Gasteiger partial charge < -0.3 is 9.84 Å². The first kappa shape index (κ1) is 18.1. The Morgan fingerprint density at radius 2 is 2.00 bits per heavy atom. The van der Waals surface area contributed by atoms with Gasteiger partial charge in [-0.05, 0) is 54.8 Å². The summed E-state index contributed by atoms with van der Waals surface area (Å²) in [5, 5.41) is 9.38. The molecule has 1 N–H and O–H groups in total. The summed E-state index contributed by atoms with van der Waals surface area (Å²) < 4.78 is 6.28. The molecule has 0 saturated carbocycles. The number of carboxylic acids is 1. The minimum Gasteiger partial charge on any atom is -0.494 e. The predicted molar refractivity (Wildman–Crippen MR) is 105 cm³/mol. The van der Waals surface area contributed by atoms with Gasteiger partial charge in [0.05, 0.1) is 17.9 Å². The number of ether oxygens (including phenoxy) is 1. The quantitative estimate of drug-likeness (QED) is 0.605. The van der Waals surface area contributed by atoms with E-state index in [1.165, 1.54) is 0 Å². The maximum absolute atomic E-state index is 11.4. The molecule has 0 saturated heterocycles. The Morgan fingerprint density at radius 3 is 2.69 bits per heavy atom. The monoisotopic (exact) mass is 411 g/mol. The molecule has 132 valence electrons. The number of carbonyl (C=O) groups is 1. The molecule has 0 amide bonds. The van der Waals surface area contributed by atoms with Gasteiger partial charge in [0, 0.05) is 16.2 Å². The smallest absolute Gasteiger partial charge is 0.336 e. The van der Waals surface area contributed by atoms with Crippen molar-refractivity contribution in [3.8, 4) is 17.0 Å². The number of aromatic nitrogens is 1. The van der Waals surface area contributed by atoms with Gasteiger partial charge in [-0.15, -0.1) is 0 Å². The third kappa shape index (κ3) is 4.29. The van der Waals surface area contributed by atoms with E-state index in [0.717, 1.165) is 32.6 Å². The number of nitrogens with zero attached hydrogens (tertiary/aromatic N) is 1. The van der Waals surface area contributed by atoms with E-state index < -0.39 is 5.97 Å². The number of benzene rings is 2. The molecule has 0 aliphatic heterocycles. The molecule has 3 aromatic rings. The van der Waals surface area contributed by atoms with E-state index in [2.05, 4.69) is 20.9 Å². The molecule has 5 heteroatoms. The summed E-state index contributed by atoms with van der Waals surface area (Å²) in [5.41, 5.74) is 3.85. The Hall–Kier alpha value is -2.66. The standard InChI is InChI=1S/C21H18BrNO3/c1-2-26-18-5-3-4-16(11-18)20-9-6-14(13-23-20)10-15-7-8-17(22)12-19(15)21(24)25/h3-9,11-13H,2,10H2,1H3,(H,24,25). The van der Waals surface area contributed by atoms with Crippen molar-refractivity contribution in [3.63, 3.8) is 0 Å². The molecule has 1 heterocycles. The van der Waals surface area contributed by atoms with Gasteiger partial charge in [-0.25, -0.2) is 4.79 Å².